The molecule has 2 rings (SSSR count). The van der Waals surface area contributed by atoms with Crippen LogP contribution in [0.15, 0.2) is 35.2 Å². The van der Waals surface area contributed by atoms with E-state index in [1.807, 2.05) is 19.0 Å². The third-order valence-electron chi connectivity index (χ3n) is 3.99. The van der Waals surface area contributed by atoms with E-state index in [9.17, 15) is 13.2 Å². The smallest absolute Gasteiger partial charge is 0.243 e. The fraction of sp³-hybridized carbons (Fsp3) is 0.562. The Morgan fingerprint density at radius 1 is 1.30 bits per heavy atom. The third kappa shape index (κ3) is 4.76. The van der Waals surface area contributed by atoms with E-state index < -0.39 is 10.0 Å². The van der Waals surface area contributed by atoms with E-state index in [4.69, 9.17) is 0 Å². The Bertz CT molecular complexity index is 617. The van der Waals surface area contributed by atoms with Crippen LogP contribution in [0.5, 0.6) is 0 Å². The van der Waals surface area contributed by atoms with Gasteiger partial charge in [-0.05, 0) is 39.1 Å². The molecular formula is C16H25N3O3S. The zero-order valence-corrected chi connectivity index (χ0v) is 14.6. The van der Waals surface area contributed by atoms with E-state index >= 15 is 0 Å². The summed E-state index contributed by atoms with van der Waals surface area (Å²) in [6, 6.07) is 8.40. The molecule has 1 heterocycles. The van der Waals surface area contributed by atoms with Crippen molar-refractivity contribution in [3.8, 4) is 0 Å². The van der Waals surface area contributed by atoms with Crippen LogP contribution in [0.2, 0.25) is 0 Å². The molecule has 0 aliphatic carbocycles. The fourth-order valence-electron chi connectivity index (χ4n) is 2.66. The van der Waals surface area contributed by atoms with Crippen LogP contribution in [0.25, 0.3) is 0 Å². The van der Waals surface area contributed by atoms with Gasteiger partial charge < -0.3 is 10.2 Å². The molecule has 0 saturated carbocycles. The maximum atomic E-state index is 12.6. The normalized spacial score (nSPS) is 19.7. The number of hydrogen-bond acceptors (Lipinski definition) is 4. The van der Waals surface area contributed by atoms with Crippen molar-refractivity contribution < 1.29 is 13.2 Å². The number of carbonyl (C=O) groups is 1. The SMILES string of the molecule is CN(C)CCNC(=O)[C@H]1CCCN(S(=O)(=O)c2ccccc2)C1. The van der Waals surface area contributed by atoms with Crippen molar-refractivity contribution in [1.82, 2.24) is 14.5 Å². The molecule has 1 aliphatic heterocycles. The number of amides is 1. The lowest BCUT2D eigenvalue weighted by atomic mass is 9.99. The Hall–Kier alpha value is -1.44. The first-order chi connectivity index (χ1) is 10.9. The molecule has 1 aliphatic rings. The van der Waals surface area contributed by atoms with E-state index in [1.54, 1.807) is 30.3 Å². The highest BCUT2D eigenvalue weighted by atomic mass is 32.2. The second-order valence-corrected chi connectivity index (χ2v) is 8.05. The summed E-state index contributed by atoms with van der Waals surface area (Å²) in [6.07, 6.45) is 1.44. The molecule has 1 aromatic carbocycles. The Morgan fingerprint density at radius 3 is 2.65 bits per heavy atom. The van der Waals surface area contributed by atoms with Crippen molar-refractivity contribution in [1.29, 1.82) is 0 Å². The number of nitrogens with one attached hydrogen (secondary N) is 1. The molecular weight excluding hydrogens is 314 g/mol. The van der Waals surface area contributed by atoms with Crippen LogP contribution >= 0.6 is 0 Å². The number of rotatable bonds is 6. The van der Waals surface area contributed by atoms with Gasteiger partial charge in [0.25, 0.3) is 0 Å². The average Bonchev–Trinajstić information content (AvgIpc) is 2.55. The minimum atomic E-state index is -3.52. The van der Waals surface area contributed by atoms with Crippen molar-refractivity contribution in [2.75, 3.05) is 40.3 Å². The molecule has 7 heteroatoms. The van der Waals surface area contributed by atoms with E-state index in [-0.39, 0.29) is 23.3 Å². The molecule has 1 aromatic rings. The first-order valence-corrected chi connectivity index (χ1v) is 9.33. The molecule has 128 valence electrons. The molecule has 0 spiro atoms. The van der Waals surface area contributed by atoms with Gasteiger partial charge in [-0.2, -0.15) is 4.31 Å². The van der Waals surface area contributed by atoms with Crippen molar-refractivity contribution in [2.24, 2.45) is 5.92 Å². The van der Waals surface area contributed by atoms with Crippen molar-refractivity contribution in [2.45, 2.75) is 17.7 Å². The summed E-state index contributed by atoms with van der Waals surface area (Å²) in [7, 11) is 0.373. The molecule has 1 saturated heterocycles. The predicted octanol–water partition coefficient (Wildman–Crippen LogP) is 0.765. The minimum Gasteiger partial charge on any atom is -0.355 e. The van der Waals surface area contributed by atoms with Gasteiger partial charge in [0.2, 0.25) is 15.9 Å². The van der Waals surface area contributed by atoms with Crippen LogP contribution in [0, 0.1) is 5.92 Å². The summed E-state index contributed by atoms with van der Waals surface area (Å²) in [5.41, 5.74) is 0. The van der Waals surface area contributed by atoms with Gasteiger partial charge in [-0.15, -0.1) is 0 Å². The number of benzene rings is 1. The summed E-state index contributed by atoms with van der Waals surface area (Å²) in [5, 5.41) is 2.89. The summed E-state index contributed by atoms with van der Waals surface area (Å²) in [5.74, 6) is -0.329. The lowest BCUT2D eigenvalue weighted by molar-refractivity contribution is -0.126. The first-order valence-electron chi connectivity index (χ1n) is 7.89. The second kappa shape index (κ2) is 7.90. The summed E-state index contributed by atoms with van der Waals surface area (Å²) < 4.78 is 26.7. The van der Waals surface area contributed by atoms with Gasteiger partial charge in [0.1, 0.15) is 0 Å². The maximum Gasteiger partial charge on any atom is 0.243 e. The van der Waals surface area contributed by atoms with Crippen LogP contribution in [-0.2, 0) is 14.8 Å². The zero-order chi connectivity index (χ0) is 16.9. The van der Waals surface area contributed by atoms with Crippen LogP contribution in [0.3, 0.4) is 0 Å². The number of carbonyl (C=O) groups excluding carboxylic acids is 1. The highest BCUT2D eigenvalue weighted by molar-refractivity contribution is 7.89. The van der Waals surface area contributed by atoms with Crippen LogP contribution in [0.1, 0.15) is 12.8 Å². The van der Waals surface area contributed by atoms with Crippen molar-refractivity contribution in [3.63, 3.8) is 0 Å². The van der Waals surface area contributed by atoms with Crippen LogP contribution in [0.4, 0.5) is 0 Å². The van der Waals surface area contributed by atoms with Gasteiger partial charge >= 0.3 is 0 Å². The number of likely N-dealkylation sites (N-methyl/N-ethyl adjacent to an activating group) is 1. The average molecular weight is 339 g/mol. The minimum absolute atomic E-state index is 0.0557. The molecule has 0 radical (unpaired) electrons. The molecule has 6 nitrogen and oxygen atoms in total. The topological polar surface area (TPSA) is 69.7 Å². The lowest BCUT2D eigenvalue weighted by Gasteiger charge is -2.31. The number of nitrogens with zero attached hydrogens (tertiary/aromatic N) is 2. The molecule has 23 heavy (non-hydrogen) atoms. The molecule has 0 aromatic heterocycles. The number of hydrogen-bond donors (Lipinski definition) is 1. The van der Waals surface area contributed by atoms with Gasteiger partial charge in [-0.1, -0.05) is 18.2 Å². The van der Waals surface area contributed by atoms with Crippen molar-refractivity contribution >= 4 is 15.9 Å². The van der Waals surface area contributed by atoms with Gasteiger partial charge in [-0.25, -0.2) is 8.42 Å². The quantitative estimate of drug-likeness (QED) is 0.831. The molecule has 1 amide bonds. The monoisotopic (exact) mass is 339 g/mol. The first kappa shape index (κ1) is 17.9. The van der Waals surface area contributed by atoms with Gasteiger partial charge in [0.15, 0.2) is 0 Å². The van der Waals surface area contributed by atoms with Gasteiger partial charge in [-0.3, -0.25) is 4.79 Å². The van der Waals surface area contributed by atoms with E-state index in [0.717, 1.165) is 13.0 Å². The van der Waals surface area contributed by atoms with Crippen LogP contribution in [-0.4, -0.2) is 63.8 Å². The highest BCUT2D eigenvalue weighted by Crippen LogP contribution is 2.23. The van der Waals surface area contributed by atoms with Gasteiger partial charge in [0, 0.05) is 26.2 Å². The summed E-state index contributed by atoms with van der Waals surface area (Å²) in [4.78, 5) is 14.5. The number of piperidine rings is 1. The Labute approximate surface area is 138 Å². The van der Waals surface area contributed by atoms with Crippen molar-refractivity contribution in [3.05, 3.63) is 30.3 Å². The lowest BCUT2D eigenvalue weighted by Crippen LogP contribution is -2.46. The Kier molecular flexibility index (Phi) is 6.15. The van der Waals surface area contributed by atoms with Crippen LogP contribution < -0.4 is 5.32 Å². The Balaban J connectivity index is 1.99. The highest BCUT2D eigenvalue weighted by Gasteiger charge is 2.33. The molecule has 1 fully saturated rings. The Morgan fingerprint density at radius 2 is 2.00 bits per heavy atom. The largest absolute Gasteiger partial charge is 0.355 e. The van der Waals surface area contributed by atoms with Gasteiger partial charge in [0.05, 0.1) is 10.8 Å². The second-order valence-electron chi connectivity index (χ2n) is 6.11. The van der Waals surface area contributed by atoms with E-state index in [0.29, 0.717) is 19.5 Å². The molecule has 1 atom stereocenters. The summed E-state index contributed by atoms with van der Waals surface area (Å²) >= 11 is 0. The predicted molar refractivity (Wildman–Crippen MR) is 89.5 cm³/mol. The summed E-state index contributed by atoms with van der Waals surface area (Å²) in [6.45, 7) is 2.07. The van der Waals surface area contributed by atoms with E-state index in [1.165, 1.54) is 4.31 Å². The standard InChI is InChI=1S/C16H25N3O3S/c1-18(2)12-10-17-16(20)14-7-6-11-19(13-14)23(21,22)15-8-4-3-5-9-15/h3-5,8-9,14H,6-7,10-13H2,1-2H3,(H,17,20)/t14-/m0/s1. The van der Waals surface area contributed by atoms with E-state index in [2.05, 4.69) is 5.32 Å². The molecule has 1 N–H and O–H groups in total. The number of sulfonamides is 1. The third-order valence-corrected chi connectivity index (χ3v) is 5.87. The maximum absolute atomic E-state index is 12.6. The molecule has 0 bridgehead atoms. The fourth-order valence-corrected chi connectivity index (χ4v) is 4.21. The molecule has 0 unspecified atom stereocenters. The zero-order valence-electron chi connectivity index (χ0n) is 13.7.